The summed E-state index contributed by atoms with van der Waals surface area (Å²) in [4.78, 5) is 25.0. The third-order valence-electron chi connectivity index (χ3n) is 5.78. The van der Waals surface area contributed by atoms with Crippen LogP contribution in [0, 0.1) is 18.3 Å². The Kier molecular flexibility index (Phi) is 8.32. The second-order valence-corrected chi connectivity index (χ2v) is 9.64. The van der Waals surface area contributed by atoms with E-state index in [1.807, 2.05) is 61.5 Å². The third kappa shape index (κ3) is 6.28. The fraction of sp³-hybridized carbons (Fsp3) is 0.179. The molecule has 4 rings (SSSR count). The van der Waals surface area contributed by atoms with Crippen LogP contribution in [0.25, 0.3) is 0 Å². The first kappa shape index (κ1) is 25.4. The first-order valence-electron chi connectivity index (χ1n) is 11.3. The van der Waals surface area contributed by atoms with Gasteiger partial charge in [0.25, 0.3) is 0 Å². The van der Waals surface area contributed by atoms with E-state index in [4.69, 9.17) is 16.3 Å². The van der Waals surface area contributed by atoms with Crippen molar-refractivity contribution in [2.45, 2.75) is 25.9 Å². The van der Waals surface area contributed by atoms with E-state index in [0.717, 1.165) is 28.5 Å². The fourth-order valence-corrected chi connectivity index (χ4v) is 4.87. The molecule has 1 aliphatic rings. The minimum Gasteiger partial charge on any atom is -0.489 e. The Hall–Kier alpha value is -3.73. The second-order valence-electron chi connectivity index (χ2n) is 8.25. The molecule has 0 radical (unpaired) electrons. The predicted octanol–water partition coefficient (Wildman–Crippen LogP) is 5.94. The Labute approximate surface area is 219 Å². The molecule has 0 saturated heterocycles. The van der Waals surface area contributed by atoms with Gasteiger partial charge >= 0.3 is 0 Å². The summed E-state index contributed by atoms with van der Waals surface area (Å²) in [5.41, 5.74) is 3.74. The van der Waals surface area contributed by atoms with Crippen molar-refractivity contribution >= 4 is 40.9 Å². The number of rotatable bonds is 8. The second kappa shape index (κ2) is 11.8. The molecular weight excluding hydrogens is 494 g/mol. The number of hydrogen-bond donors (Lipinski definition) is 2. The highest BCUT2D eigenvalue weighted by molar-refractivity contribution is 8.03. The molecule has 1 atom stereocenters. The lowest BCUT2D eigenvalue weighted by Crippen LogP contribution is -2.31. The highest BCUT2D eigenvalue weighted by Crippen LogP contribution is 2.36. The van der Waals surface area contributed by atoms with Crippen molar-refractivity contribution in [2.24, 2.45) is 0 Å². The van der Waals surface area contributed by atoms with Gasteiger partial charge in [-0.15, -0.1) is 0 Å². The summed E-state index contributed by atoms with van der Waals surface area (Å²) < 4.78 is 5.85. The number of nitrogens with zero attached hydrogens (tertiary/aromatic N) is 1. The molecule has 6 nitrogen and oxygen atoms in total. The van der Waals surface area contributed by atoms with E-state index in [9.17, 15) is 14.9 Å². The SMILES string of the molecule is Cc1c(Cl)cccc1NC(=O)CSC1=C(C#N)[C@H](c2ccc(OCc3ccccc3)cc2)CC(=O)N1. The number of anilines is 1. The van der Waals surface area contributed by atoms with E-state index in [1.54, 1.807) is 18.2 Å². The number of allylic oxidation sites excluding steroid dienone is 1. The maximum atomic E-state index is 12.5. The molecule has 0 aromatic heterocycles. The first-order valence-corrected chi connectivity index (χ1v) is 12.7. The molecule has 1 aliphatic heterocycles. The van der Waals surface area contributed by atoms with Crippen LogP contribution in [-0.2, 0) is 16.2 Å². The monoisotopic (exact) mass is 517 g/mol. The van der Waals surface area contributed by atoms with Gasteiger partial charge < -0.3 is 15.4 Å². The quantitative estimate of drug-likeness (QED) is 0.386. The number of benzene rings is 3. The number of ether oxygens (including phenoxy) is 1. The minimum atomic E-state index is -0.396. The maximum Gasteiger partial charge on any atom is 0.234 e. The molecule has 0 unspecified atom stereocenters. The molecule has 3 aromatic carbocycles. The third-order valence-corrected chi connectivity index (χ3v) is 7.20. The van der Waals surface area contributed by atoms with Crippen LogP contribution in [0.2, 0.25) is 5.02 Å². The average Bonchev–Trinajstić information content (AvgIpc) is 2.89. The standard InChI is InChI=1S/C28H24ClN3O3S/c1-18-24(29)8-5-9-25(18)31-27(34)17-36-28-23(15-30)22(14-26(33)32-28)20-10-12-21(13-11-20)35-16-19-6-3-2-4-7-19/h2-13,22H,14,16-17H2,1H3,(H,31,34)(H,32,33)/t22-/m0/s1. The van der Waals surface area contributed by atoms with E-state index in [-0.39, 0.29) is 24.0 Å². The Balaban J connectivity index is 1.43. The lowest BCUT2D eigenvalue weighted by atomic mass is 9.87. The van der Waals surface area contributed by atoms with E-state index < -0.39 is 5.92 Å². The number of carbonyl (C=O) groups is 2. The molecular formula is C28H24ClN3O3S. The maximum absolute atomic E-state index is 12.5. The van der Waals surface area contributed by atoms with Crippen molar-refractivity contribution in [1.82, 2.24) is 5.32 Å². The summed E-state index contributed by atoms with van der Waals surface area (Å²) in [7, 11) is 0. The molecule has 2 N–H and O–H groups in total. The van der Waals surface area contributed by atoms with Gasteiger partial charge in [0.2, 0.25) is 11.8 Å². The number of nitrogens with one attached hydrogen (secondary N) is 2. The first-order chi connectivity index (χ1) is 17.4. The highest BCUT2D eigenvalue weighted by Gasteiger charge is 2.30. The van der Waals surface area contributed by atoms with E-state index >= 15 is 0 Å². The molecule has 8 heteroatoms. The molecule has 0 bridgehead atoms. The van der Waals surface area contributed by atoms with Crippen molar-refractivity contribution in [2.75, 3.05) is 11.1 Å². The van der Waals surface area contributed by atoms with Gasteiger partial charge in [0.05, 0.1) is 22.4 Å². The normalized spacial score (nSPS) is 15.1. The number of halogens is 1. The van der Waals surface area contributed by atoms with Gasteiger partial charge in [-0.25, -0.2) is 0 Å². The van der Waals surface area contributed by atoms with Crippen LogP contribution in [0.4, 0.5) is 5.69 Å². The van der Waals surface area contributed by atoms with Crippen LogP contribution in [0.1, 0.15) is 29.0 Å². The fourth-order valence-electron chi connectivity index (χ4n) is 3.82. The van der Waals surface area contributed by atoms with Crippen LogP contribution >= 0.6 is 23.4 Å². The smallest absolute Gasteiger partial charge is 0.234 e. The number of hydrogen-bond acceptors (Lipinski definition) is 5. The highest BCUT2D eigenvalue weighted by atomic mass is 35.5. The van der Waals surface area contributed by atoms with Crippen LogP contribution in [0.3, 0.4) is 0 Å². The Morgan fingerprint density at radius 1 is 1.14 bits per heavy atom. The van der Waals surface area contributed by atoms with Crippen LogP contribution in [-0.4, -0.2) is 17.6 Å². The van der Waals surface area contributed by atoms with Crippen molar-refractivity contribution in [3.05, 3.63) is 105 Å². The number of carbonyl (C=O) groups excluding carboxylic acids is 2. The molecule has 182 valence electrons. The Bertz CT molecular complexity index is 1330. The summed E-state index contributed by atoms with van der Waals surface area (Å²) in [6, 6.07) is 24.8. The molecule has 0 spiro atoms. The minimum absolute atomic E-state index is 0.0335. The van der Waals surface area contributed by atoms with Gasteiger partial charge in [0, 0.05) is 23.0 Å². The lowest BCUT2D eigenvalue weighted by Gasteiger charge is -2.25. The molecule has 0 saturated carbocycles. The van der Waals surface area contributed by atoms with Gasteiger partial charge in [0.1, 0.15) is 12.4 Å². The summed E-state index contributed by atoms with van der Waals surface area (Å²) in [5, 5.41) is 16.5. The number of thioether (sulfide) groups is 1. The molecule has 3 aromatic rings. The summed E-state index contributed by atoms with van der Waals surface area (Å²) in [5.74, 6) is -0.116. The number of nitriles is 1. The average molecular weight is 518 g/mol. The molecule has 0 fully saturated rings. The largest absolute Gasteiger partial charge is 0.489 e. The van der Waals surface area contributed by atoms with Crippen molar-refractivity contribution in [3.8, 4) is 11.8 Å². The van der Waals surface area contributed by atoms with Gasteiger partial charge in [-0.1, -0.05) is 71.9 Å². The van der Waals surface area contributed by atoms with Crippen LogP contribution < -0.4 is 15.4 Å². The van der Waals surface area contributed by atoms with Crippen LogP contribution in [0.5, 0.6) is 5.75 Å². The van der Waals surface area contributed by atoms with Crippen molar-refractivity contribution < 1.29 is 14.3 Å². The Morgan fingerprint density at radius 3 is 2.61 bits per heavy atom. The zero-order valence-electron chi connectivity index (χ0n) is 19.6. The molecule has 0 aliphatic carbocycles. The summed E-state index contributed by atoms with van der Waals surface area (Å²) in [6.45, 7) is 2.28. The molecule has 2 amide bonds. The predicted molar refractivity (Wildman–Crippen MR) is 143 cm³/mol. The zero-order valence-corrected chi connectivity index (χ0v) is 21.2. The van der Waals surface area contributed by atoms with Gasteiger partial charge in [0.15, 0.2) is 0 Å². The summed E-state index contributed by atoms with van der Waals surface area (Å²) >= 11 is 7.26. The van der Waals surface area contributed by atoms with E-state index in [2.05, 4.69) is 16.7 Å². The Morgan fingerprint density at radius 2 is 1.89 bits per heavy atom. The van der Waals surface area contributed by atoms with Crippen molar-refractivity contribution in [3.63, 3.8) is 0 Å². The van der Waals surface area contributed by atoms with E-state index in [0.29, 0.717) is 33.7 Å². The van der Waals surface area contributed by atoms with Gasteiger partial charge in [-0.3, -0.25) is 9.59 Å². The number of amides is 2. The molecule has 1 heterocycles. The van der Waals surface area contributed by atoms with Crippen molar-refractivity contribution in [1.29, 1.82) is 5.26 Å². The zero-order chi connectivity index (χ0) is 25.5. The van der Waals surface area contributed by atoms with E-state index in [1.165, 1.54) is 0 Å². The molecule has 36 heavy (non-hydrogen) atoms. The van der Waals surface area contributed by atoms with Gasteiger partial charge in [-0.05, 0) is 47.9 Å². The van der Waals surface area contributed by atoms with Gasteiger partial charge in [-0.2, -0.15) is 5.26 Å². The lowest BCUT2D eigenvalue weighted by molar-refractivity contribution is -0.121. The van der Waals surface area contributed by atoms with Crippen LogP contribution in [0.15, 0.2) is 83.4 Å². The summed E-state index contributed by atoms with van der Waals surface area (Å²) in [6.07, 6.45) is 0.158. The topological polar surface area (TPSA) is 91.2 Å².